The highest BCUT2D eigenvalue weighted by atomic mass is 16.5. The quantitative estimate of drug-likeness (QED) is 0.530. The van der Waals surface area contributed by atoms with Gasteiger partial charge in [-0.25, -0.2) is 9.78 Å². The summed E-state index contributed by atoms with van der Waals surface area (Å²) in [6, 6.07) is 15.0. The molecule has 25 heavy (non-hydrogen) atoms. The van der Waals surface area contributed by atoms with Gasteiger partial charge in [0.2, 0.25) is 0 Å². The Morgan fingerprint density at radius 2 is 1.76 bits per heavy atom. The van der Waals surface area contributed by atoms with Crippen molar-refractivity contribution in [1.29, 1.82) is 0 Å². The molecule has 124 valence electrons. The first kappa shape index (κ1) is 16.5. The standard InChI is InChI=1S/C21H17NO3/c1-14-4-10-19-16(12-14)13-18(21(23)25-3)20(22-19)11-7-15-5-8-17(24-2)9-6-15/h4-6,8-10,12-13H,1-3H3. The van der Waals surface area contributed by atoms with Crippen molar-refractivity contribution in [3.8, 4) is 17.6 Å². The molecular formula is C21H17NO3. The largest absolute Gasteiger partial charge is 0.497 e. The number of nitrogens with zero attached hydrogens (tertiary/aromatic N) is 1. The van der Waals surface area contributed by atoms with Crippen LogP contribution >= 0.6 is 0 Å². The lowest BCUT2D eigenvalue weighted by Gasteiger charge is -2.05. The summed E-state index contributed by atoms with van der Waals surface area (Å²) in [7, 11) is 2.97. The molecule has 3 rings (SSSR count). The Morgan fingerprint density at radius 1 is 1.00 bits per heavy atom. The van der Waals surface area contributed by atoms with Crippen molar-refractivity contribution in [1.82, 2.24) is 4.98 Å². The molecule has 2 aromatic carbocycles. The fourth-order valence-electron chi connectivity index (χ4n) is 2.46. The van der Waals surface area contributed by atoms with Gasteiger partial charge in [-0.15, -0.1) is 0 Å². The van der Waals surface area contributed by atoms with E-state index in [0.717, 1.165) is 27.8 Å². The minimum atomic E-state index is -0.449. The minimum absolute atomic E-state index is 0.363. The van der Waals surface area contributed by atoms with Gasteiger partial charge in [0.25, 0.3) is 0 Å². The Balaban J connectivity index is 2.08. The number of hydrogen-bond acceptors (Lipinski definition) is 4. The zero-order valence-corrected chi connectivity index (χ0v) is 14.3. The number of aryl methyl sites for hydroxylation is 1. The van der Waals surface area contributed by atoms with Crippen LogP contribution in [0.25, 0.3) is 10.9 Å². The third-order valence-corrected chi connectivity index (χ3v) is 3.79. The molecule has 1 aromatic heterocycles. The van der Waals surface area contributed by atoms with Gasteiger partial charge in [0.1, 0.15) is 11.4 Å². The molecule has 0 saturated carbocycles. The number of carbonyl (C=O) groups is 1. The van der Waals surface area contributed by atoms with Crippen LogP contribution in [0.1, 0.15) is 27.2 Å². The monoisotopic (exact) mass is 331 g/mol. The van der Waals surface area contributed by atoms with Crippen molar-refractivity contribution in [3.05, 3.63) is 70.9 Å². The second-order valence-corrected chi connectivity index (χ2v) is 5.55. The predicted octanol–water partition coefficient (Wildman–Crippen LogP) is 3.74. The first-order chi connectivity index (χ1) is 12.1. The molecule has 0 aliphatic rings. The van der Waals surface area contributed by atoms with Crippen molar-refractivity contribution >= 4 is 16.9 Å². The molecule has 0 radical (unpaired) electrons. The van der Waals surface area contributed by atoms with Gasteiger partial charge in [-0.05, 0) is 55.3 Å². The van der Waals surface area contributed by atoms with E-state index in [1.165, 1.54) is 7.11 Å². The number of hydrogen-bond donors (Lipinski definition) is 0. The van der Waals surface area contributed by atoms with Gasteiger partial charge in [-0.2, -0.15) is 0 Å². The van der Waals surface area contributed by atoms with E-state index in [9.17, 15) is 4.79 Å². The molecule has 0 atom stereocenters. The average molecular weight is 331 g/mol. The van der Waals surface area contributed by atoms with Crippen LogP contribution < -0.4 is 4.74 Å². The third kappa shape index (κ3) is 3.61. The maximum atomic E-state index is 12.1. The van der Waals surface area contributed by atoms with Crippen molar-refractivity contribution in [3.63, 3.8) is 0 Å². The third-order valence-electron chi connectivity index (χ3n) is 3.79. The van der Waals surface area contributed by atoms with E-state index in [0.29, 0.717) is 11.3 Å². The fraction of sp³-hybridized carbons (Fsp3) is 0.143. The number of rotatable bonds is 2. The normalized spacial score (nSPS) is 10.0. The molecule has 4 nitrogen and oxygen atoms in total. The van der Waals surface area contributed by atoms with Gasteiger partial charge in [-0.1, -0.05) is 17.6 Å². The lowest BCUT2D eigenvalue weighted by molar-refractivity contribution is 0.0600. The van der Waals surface area contributed by atoms with Gasteiger partial charge >= 0.3 is 5.97 Å². The molecule has 0 amide bonds. The van der Waals surface area contributed by atoms with E-state index in [1.807, 2.05) is 49.4 Å². The smallest absolute Gasteiger partial charge is 0.340 e. The molecule has 0 saturated heterocycles. The average Bonchev–Trinajstić information content (AvgIpc) is 2.65. The van der Waals surface area contributed by atoms with Crippen LogP contribution in [0, 0.1) is 18.8 Å². The first-order valence-corrected chi connectivity index (χ1v) is 7.76. The summed E-state index contributed by atoms with van der Waals surface area (Å²) < 4.78 is 10.0. The Bertz CT molecular complexity index is 995. The van der Waals surface area contributed by atoms with Crippen LogP contribution in [-0.2, 0) is 4.74 Å². The predicted molar refractivity (Wildman–Crippen MR) is 96.8 cm³/mol. The number of ether oxygens (including phenoxy) is 2. The number of carbonyl (C=O) groups excluding carboxylic acids is 1. The van der Waals surface area contributed by atoms with E-state index in [2.05, 4.69) is 16.8 Å². The van der Waals surface area contributed by atoms with Crippen LogP contribution in [0.5, 0.6) is 5.75 Å². The molecule has 0 aliphatic carbocycles. The lowest BCUT2D eigenvalue weighted by Crippen LogP contribution is -2.06. The van der Waals surface area contributed by atoms with Gasteiger partial charge in [0.05, 0.1) is 25.3 Å². The number of methoxy groups -OCH3 is 2. The van der Waals surface area contributed by atoms with E-state index in [-0.39, 0.29) is 0 Å². The summed E-state index contributed by atoms with van der Waals surface area (Å²) >= 11 is 0. The molecule has 0 unspecified atom stereocenters. The summed E-state index contributed by atoms with van der Waals surface area (Å²) in [4.78, 5) is 16.6. The highest BCUT2D eigenvalue weighted by Crippen LogP contribution is 2.19. The second-order valence-electron chi connectivity index (χ2n) is 5.55. The van der Waals surface area contributed by atoms with Crippen molar-refractivity contribution < 1.29 is 14.3 Å². The molecular weight excluding hydrogens is 314 g/mol. The van der Waals surface area contributed by atoms with Crippen LogP contribution in [0.3, 0.4) is 0 Å². The van der Waals surface area contributed by atoms with E-state index >= 15 is 0 Å². The van der Waals surface area contributed by atoms with E-state index in [1.54, 1.807) is 13.2 Å². The van der Waals surface area contributed by atoms with Gasteiger partial charge in [0.15, 0.2) is 0 Å². The van der Waals surface area contributed by atoms with Gasteiger partial charge in [-0.3, -0.25) is 0 Å². The number of aromatic nitrogens is 1. The van der Waals surface area contributed by atoms with Crippen LogP contribution in [-0.4, -0.2) is 25.2 Å². The highest BCUT2D eigenvalue weighted by Gasteiger charge is 2.13. The Hall–Kier alpha value is -3.32. The van der Waals surface area contributed by atoms with E-state index < -0.39 is 5.97 Å². The molecule has 3 aromatic rings. The minimum Gasteiger partial charge on any atom is -0.497 e. The SMILES string of the molecule is COC(=O)c1cc2cc(C)ccc2nc1C#Cc1ccc(OC)cc1. The summed E-state index contributed by atoms with van der Waals surface area (Å²) in [5.41, 5.74) is 3.46. The van der Waals surface area contributed by atoms with Gasteiger partial charge < -0.3 is 9.47 Å². The first-order valence-electron chi connectivity index (χ1n) is 7.76. The van der Waals surface area contributed by atoms with Gasteiger partial charge in [0, 0.05) is 10.9 Å². The zero-order valence-electron chi connectivity index (χ0n) is 14.3. The molecule has 1 heterocycles. The maximum Gasteiger partial charge on any atom is 0.340 e. The molecule has 4 heteroatoms. The molecule has 0 N–H and O–H groups in total. The number of fused-ring (bicyclic) bond motifs is 1. The summed E-state index contributed by atoms with van der Waals surface area (Å²) in [5, 5.41) is 0.885. The van der Waals surface area contributed by atoms with E-state index in [4.69, 9.17) is 9.47 Å². The lowest BCUT2D eigenvalue weighted by atomic mass is 10.1. The molecule has 0 spiro atoms. The number of esters is 1. The fourth-order valence-corrected chi connectivity index (χ4v) is 2.46. The van der Waals surface area contributed by atoms with Crippen LogP contribution in [0.2, 0.25) is 0 Å². The van der Waals surface area contributed by atoms with Crippen molar-refractivity contribution in [2.75, 3.05) is 14.2 Å². The Labute approximate surface area is 146 Å². The number of pyridine rings is 1. The summed E-state index contributed by atoms with van der Waals surface area (Å²) in [5.74, 6) is 6.33. The van der Waals surface area contributed by atoms with Crippen LogP contribution in [0.4, 0.5) is 0 Å². The van der Waals surface area contributed by atoms with Crippen molar-refractivity contribution in [2.24, 2.45) is 0 Å². The highest BCUT2D eigenvalue weighted by molar-refractivity contribution is 5.96. The van der Waals surface area contributed by atoms with Crippen LogP contribution in [0.15, 0.2) is 48.5 Å². The maximum absolute atomic E-state index is 12.1. The Morgan fingerprint density at radius 3 is 2.44 bits per heavy atom. The zero-order chi connectivity index (χ0) is 17.8. The number of benzene rings is 2. The summed E-state index contributed by atoms with van der Waals surface area (Å²) in [6.45, 7) is 1.99. The summed E-state index contributed by atoms with van der Waals surface area (Å²) in [6.07, 6.45) is 0. The molecule has 0 bridgehead atoms. The molecule has 0 fully saturated rings. The second kappa shape index (κ2) is 7.06. The topological polar surface area (TPSA) is 48.4 Å². The Kier molecular flexibility index (Phi) is 4.67. The van der Waals surface area contributed by atoms with Crippen molar-refractivity contribution in [2.45, 2.75) is 6.92 Å². The molecule has 0 aliphatic heterocycles.